The smallest absolute Gasteiger partial charge is 0.120 e. The lowest BCUT2D eigenvalue weighted by atomic mass is 10.2. The zero-order valence-electron chi connectivity index (χ0n) is 14.9. The van der Waals surface area contributed by atoms with Crippen LogP contribution in [0.15, 0.2) is 42.7 Å². The third-order valence-electron chi connectivity index (χ3n) is 4.51. The number of H-pyrrole nitrogens is 2. The summed E-state index contributed by atoms with van der Waals surface area (Å²) in [7, 11) is 0. The van der Waals surface area contributed by atoms with Crippen molar-refractivity contribution < 1.29 is 9.47 Å². The van der Waals surface area contributed by atoms with Crippen molar-refractivity contribution in [2.24, 2.45) is 0 Å². The van der Waals surface area contributed by atoms with Crippen molar-refractivity contribution in [2.75, 3.05) is 26.3 Å². The molecule has 1 saturated heterocycles. The van der Waals surface area contributed by atoms with Gasteiger partial charge in [0.1, 0.15) is 17.7 Å². The topological polar surface area (TPSA) is 79.1 Å². The molecule has 3 heterocycles. The molecule has 0 aliphatic carbocycles. The van der Waals surface area contributed by atoms with Gasteiger partial charge in [-0.2, -0.15) is 5.10 Å². The molecule has 8 heteroatoms. The maximum atomic E-state index is 5.91. The van der Waals surface area contributed by atoms with E-state index in [-0.39, 0.29) is 6.10 Å². The normalized spacial score (nSPS) is 17.9. The minimum atomic E-state index is -0.0316. The van der Waals surface area contributed by atoms with Crippen molar-refractivity contribution in [3.05, 3.63) is 65.0 Å². The summed E-state index contributed by atoms with van der Waals surface area (Å²) in [5, 5.41) is 8.23. The number of hydrogen-bond donors (Lipinski definition) is 2. The second kappa shape index (κ2) is 8.56. The third kappa shape index (κ3) is 4.88. The van der Waals surface area contributed by atoms with Crippen molar-refractivity contribution in [1.82, 2.24) is 25.1 Å². The first-order chi connectivity index (χ1) is 13.3. The molecule has 7 nitrogen and oxygen atoms in total. The van der Waals surface area contributed by atoms with Crippen LogP contribution in [0, 0.1) is 0 Å². The van der Waals surface area contributed by atoms with Crippen LogP contribution in [0.1, 0.15) is 23.3 Å². The van der Waals surface area contributed by atoms with E-state index < -0.39 is 0 Å². The summed E-state index contributed by atoms with van der Waals surface area (Å²) in [6.07, 6.45) is 4.34. The largest absolute Gasteiger partial charge is 0.493 e. The van der Waals surface area contributed by atoms with E-state index in [1.165, 1.54) is 0 Å². The predicted octanol–water partition coefficient (Wildman–Crippen LogP) is 2.98. The first kappa shape index (κ1) is 18.0. The lowest BCUT2D eigenvalue weighted by Gasteiger charge is -2.31. The summed E-state index contributed by atoms with van der Waals surface area (Å²) in [6.45, 7) is 3.74. The van der Waals surface area contributed by atoms with Crippen LogP contribution < -0.4 is 4.74 Å². The van der Waals surface area contributed by atoms with E-state index in [0.29, 0.717) is 18.2 Å². The summed E-state index contributed by atoms with van der Waals surface area (Å²) in [5.74, 6) is 1.78. The second-order valence-corrected chi connectivity index (χ2v) is 6.94. The lowest BCUT2D eigenvalue weighted by Crippen LogP contribution is -2.38. The number of imidazole rings is 1. The molecule has 1 aliphatic heterocycles. The van der Waals surface area contributed by atoms with Gasteiger partial charge in [-0.1, -0.05) is 11.6 Å². The molecule has 1 aromatic carbocycles. The van der Waals surface area contributed by atoms with Crippen LogP contribution in [-0.2, 0) is 17.7 Å². The van der Waals surface area contributed by atoms with E-state index in [4.69, 9.17) is 21.1 Å². The molecule has 27 heavy (non-hydrogen) atoms. The Bertz CT molecular complexity index is 834. The van der Waals surface area contributed by atoms with Gasteiger partial charge in [-0.05, 0) is 30.3 Å². The number of hydrogen-bond acceptors (Lipinski definition) is 5. The number of rotatable bonds is 7. The van der Waals surface area contributed by atoms with E-state index >= 15 is 0 Å². The standard InChI is InChI=1S/C19H22ClN5O2/c20-14-1-3-16(4-2-14)26-9-5-15-11-17(24-23-15)18-12-25(8-10-27-18)13-19-21-6-7-22-19/h1-4,6-7,11,18H,5,8-10,12-13H2,(H,21,22)(H,23,24)/t18-/m1/s1. The van der Waals surface area contributed by atoms with Crippen molar-refractivity contribution in [2.45, 2.75) is 19.1 Å². The van der Waals surface area contributed by atoms with Gasteiger partial charge in [-0.25, -0.2) is 4.98 Å². The summed E-state index contributed by atoms with van der Waals surface area (Å²) in [4.78, 5) is 9.77. The number of morpholine rings is 1. The maximum Gasteiger partial charge on any atom is 0.120 e. The van der Waals surface area contributed by atoms with Gasteiger partial charge in [0.15, 0.2) is 0 Å². The number of benzene rings is 1. The molecule has 142 valence electrons. The molecule has 0 bridgehead atoms. The van der Waals surface area contributed by atoms with Crippen LogP contribution in [-0.4, -0.2) is 51.4 Å². The fraction of sp³-hybridized carbons (Fsp3) is 0.368. The fourth-order valence-electron chi connectivity index (χ4n) is 3.10. The Hall–Kier alpha value is -2.35. The molecule has 0 radical (unpaired) electrons. The van der Waals surface area contributed by atoms with Crippen LogP contribution in [0.3, 0.4) is 0 Å². The van der Waals surface area contributed by atoms with E-state index in [0.717, 1.165) is 49.0 Å². The zero-order chi connectivity index (χ0) is 18.5. The SMILES string of the molecule is Clc1ccc(OCCc2cc([C@H]3CN(Cc4ncc[nH]4)CCO3)n[nH]2)cc1. The van der Waals surface area contributed by atoms with Crippen LogP contribution in [0.2, 0.25) is 5.02 Å². The molecule has 0 amide bonds. The molecule has 2 aromatic heterocycles. The van der Waals surface area contributed by atoms with E-state index in [1.54, 1.807) is 6.20 Å². The molecule has 1 aliphatic rings. The Labute approximate surface area is 162 Å². The highest BCUT2D eigenvalue weighted by Gasteiger charge is 2.24. The fourth-order valence-corrected chi connectivity index (χ4v) is 3.23. The van der Waals surface area contributed by atoms with E-state index in [2.05, 4.69) is 31.1 Å². The van der Waals surface area contributed by atoms with Crippen molar-refractivity contribution in [3.63, 3.8) is 0 Å². The first-order valence-electron chi connectivity index (χ1n) is 9.01. The summed E-state index contributed by atoms with van der Waals surface area (Å²) < 4.78 is 11.7. The maximum absolute atomic E-state index is 5.91. The number of aromatic amines is 2. The minimum Gasteiger partial charge on any atom is -0.493 e. The molecule has 0 unspecified atom stereocenters. The second-order valence-electron chi connectivity index (χ2n) is 6.50. The van der Waals surface area contributed by atoms with Crippen molar-refractivity contribution >= 4 is 11.6 Å². The Morgan fingerprint density at radius 1 is 1.30 bits per heavy atom. The molecule has 3 aromatic rings. The molecule has 4 rings (SSSR count). The van der Waals surface area contributed by atoms with Crippen LogP contribution in [0.4, 0.5) is 0 Å². The summed E-state index contributed by atoms with van der Waals surface area (Å²) in [5.41, 5.74) is 1.96. The number of ether oxygens (including phenoxy) is 2. The number of halogens is 1. The highest BCUT2D eigenvalue weighted by Crippen LogP contribution is 2.22. The number of nitrogens with one attached hydrogen (secondary N) is 2. The van der Waals surface area contributed by atoms with E-state index in [1.807, 2.05) is 30.5 Å². The number of nitrogens with zero attached hydrogens (tertiary/aromatic N) is 3. The Morgan fingerprint density at radius 2 is 2.19 bits per heavy atom. The Balaban J connectivity index is 1.28. The van der Waals surface area contributed by atoms with Gasteiger partial charge < -0.3 is 14.5 Å². The van der Waals surface area contributed by atoms with Gasteiger partial charge in [0.05, 0.1) is 25.5 Å². The van der Waals surface area contributed by atoms with Gasteiger partial charge in [0, 0.05) is 42.6 Å². The van der Waals surface area contributed by atoms with Gasteiger partial charge in [-0.15, -0.1) is 0 Å². The molecule has 2 N–H and O–H groups in total. The summed E-state index contributed by atoms with van der Waals surface area (Å²) >= 11 is 5.88. The van der Waals surface area contributed by atoms with Crippen molar-refractivity contribution in [3.8, 4) is 5.75 Å². The van der Waals surface area contributed by atoms with Gasteiger partial charge in [0.25, 0.3) is 0 Å². The van der Waals surface area contributed by atoms with Gasteiger partial charge in [-0.3, -0.25) is 10.00 Å². The third-order valence-corrected chi connectivity index (χ3v) is 4.77. The van der Waals surface area contributed by atoms with Crippen LogP contribution in [0.25, 0.3) is 0 Å². The highest BCUT2D eigenvalue weighted by atomic mass is 35.5. The molecular weight excluding hydrogens is 366 g/mol. The average molecular weight is 388 g/mol. The minimum absolute atomic E-state index is 0.0316. The molecule has 1 fully saturated rings. The highest BCUT2D eigenvalue weighted by molar-refractivity contribution is 6.30. The monoisotopic (exact) mass is 387 g/mol. The zero-order valence-corrected chi connectivity index (χ0v) is 15.7. The molecule has 1 atom stereocenters. The molecule has 0 spiro atoms. The first-order valence-corrected chi connectivity index (χ1v) is 9.39. The quantitative estimate of drug-likeness (QED) is 0.651. The lowest BCUT2D eigenvalue weighted by molar-refractivity contribution is -0.0356. The van der Waals surface area contributed by atoms with Gasteiger partial charge >= 0.3 is 0 Å². The van der Waals surface area contributed by atoms with Crippen molar-refractivity contribution in [1.29, 1.82) is 0 Å². The van der Waals surface area contributed by atoms with Crippen LogP contribution in [0.5, 0.6) is 5.75 Å². The van der Waals surface area contributed by atoms with Gasteiger partial charge in [0.2, 0.25) is 0 Å². The Kier molecular flexibility index (Phi) is 5.72. The molecule has 0 saturated carbocycles. The van der Waals surface area contributed by atoms with Crippen LogP contribution >= 0.6 is 11.6 Å². The predicted molar refractivity (Wildman–Crippen MR) is 102 cm³/mol. The Morgan fingerprint density at radius 3 is 3.00 bits per heavy atom. The molecular formula is C19H22ClN5O2. The average Bonchev–Trinajstić information content (AvgIpc) is 3.36. The van der Waals surface area contributed by atoms with E-state index in [9.17, 15) is 0 Å². The number of aromatic nitrogens is 4. The summed E-state index contributed by atoms with van der Waals surface area (Å²) in [6, 6.07) is 9.43.